The molecule has 0 radical (unpaired) electrons. The molecule has 0 spiro atoms. The smallest absolute Gasteiger partial charge is 0.314 e. The molecule has 0 bridgehead atoms. The lowest BCUT2D eigenvalue weighted by Crippen LogP contribution is -2.38. The van der Waals surface area contributed by atoms with Crippen LogP contribution < -0.4 is 16.4 Å². The van der Waals surface area contributed by atoms with Crippen LogP contribution in [0.5, 0.6) is 0 Å². The van der Waals surface area contributed by atoms with Gasteiger partial charge in [-0.3, -0.25) is 0 Å². The van der Waals surface area contributed by atoms with E-state index in [1.165, 1.54) is 0 Å². The molecule has 1 unspecified atom stereocenters. The standard InChI is InChI=1S/C11H25N3O/c1-3-5-10(6-7-12)9-14-11(15)13-8-4-2/h10H,3-9,12H2,1-2H3,(H2,13,14,15). The van der Waals surface area contributed by atoms with Crippen LogP contribution in [0.2, 0.25) is 0 Å². The number of hydrogen-bond donors (Lipinski definition) is 3. The van der Waals surface area contributed by atoms with Crippen LogP contribution in [-0.2, 0) is 0 Å². The number of urea groups is 1. The van der Waals surface area contributed by atoms with Crippen LogP contribution in [0.25, 0.3) is 0 Å². The van der Waals surface area contributed by atoms with Crippen molar-refractivity contribution in [2.45, 2.75) is 39.5 Å². The highest BCUT2D eigenvalue weighted by molar-refractivity contribution is 5.73. The molecule has 0 aromatic heterocycles. The molecule has 0 aliphatic rings. The van der Waals surface area contributed by atoms with Crippen LogP contribution in [-0.4, -0.2) is 25.7 Å². The zero-order chi connectivity index (χ0) is 11.5. The first-order valence-corrected chi connectivity index (χ1v) is 5.96. The minimum atomic E-state index is -0.0602. The first-order chi connectivity index (χ1) is 7.24. The molecule has 0 aliphatic carbocycles. The highest BCUT2D eigenvalue weighted by Crippen LogP contribution is 2.08. The molecule has 0 aromatic rings. The molecule has 0 rings (SSSR count). The van der Waals surface area contributed by atoms with E-state index in [9.17, 15) is 4.79 Å². The molecule has 4 nitrogen and oxygen atoms in total. The number of carbonyl (C=O) groups is 1. The van der Waals surface area contributed by atoms with Crippen molar-refractivity contribution in [2.24, 2.45) is 11.7 Å². The zero-order valence-corrected chi connectivity index (χ0v) is 10.0. The summed E-state index contributed by atoms with van der Waals surface area (Å²) in [6.07, 6.45) is 4.23. The largest absolute Gasteiger partial charge is 0.338 e. The van der Waals surface area contributed by atoms with Gasteiger partial charge < -0.3 is 16.4 Å². The first kappa shape index (κ1) is 14.2. The maximum atomic E-state index is 11.3. The van der Waals surface area contributed by atoms with E-state index >= 15 is 0 Å². The Bertz CT molecular complexity index is 156. The lowest BCUT2D eigenvalue weighted by molar-refractivity contribution is 0.238. The molecule has 2 amide bonds. The third-order valence-corrected chi connectivity index (χ3v) is 2.36. The molecule has 0 heterocycles. The second-order valence-electron chi connectivity index (χ2n) is 3.87. The van der Waals surface area contributed by atoms with E-state index in [1.54, 1.807) is 0 Å². The monoisotopic (exact) mass is 215 g/mol. The summed E-state index contributed by atoms with van der Waals surface area (Å²) in [7, 11) is 0. The zero-order valence-electron chi connectivity index (χ0n) is 10.0. The van der Waals surface area contributed by atoms with E-state index in [-0.39, 0.29) is 6.03 Å². The number of amides is 2. The SMILES string of the molecule is CCCNC(=O)NCC(CCC)CCN. The van der Waals surface area contributed by atoms with Gasteiger partial charge in [0.25, 0.3) is 0 Å². The quantitative estimate of drug-likeness (QED) is 0.574. The van der Waals surface area contributed by atoms with Gasteiger partial charge in [0.05, 0.1) is 0 Å². The summed E-state index contributed by atoms with van der Waals surface area (Å²) in [5.41, 5.74) is 5.52. The summed E-state index contributed by atoms with van der Waals surface area (Å²) in [4.78, 5) is 11.3. The Morgan fingerprint density at radius 3 is 2.47 bits per heavy atom. The number of nitrogens with one attached hydrogen (secondary N) is 2. The predicted molar refractivity (Wildman–Crippen MR) is 63.8 cm³/mol. The number of hydrogen-bond acceptors (Lipinski definition) is 2. The molecule has 4 N–H and O–H groups in total. The third kappa shape index (κ3) is 8.24. The summed E-state index contributed by atoms with van der Waals surface area (Å²) in [5.74, 6) is 0.521. The minimum Gasteiger partial charge on any atom is -0.338 e. The normalized spacial score (nSPS) is 12.2. The van der Waals surface area contributed by atoms with Gasteiger partial charge in [0.15, 0.2) is 0 Å². The molecule has 0 fully saturated rings. The molecule has 0 aromatic carbocycles. The van der Waals surface area contributed by atoms with Gasteiger partial charge in [0.1, 0.15) is 0 Å². The second kappa shape index (κ2) is 9.77. The summed E-state index contributed by atoms with van der Waals surface area (Å²) in [5, 5.41) is 5.67. The Morgan fingerprint density at radius 2 is 1.93 bits per heavy atom. The van der Waals surface area contributed by atoms with E-state index < -0.39 is 0 Å². The summed E-state index contributed by atoms with van der Waals surface area (Å²) in [6, 6.07) is -0.0602. The van der Waals surface area contributed by atoms with Crippen molar-refractivity contribution in [1.29, 1.82) is 0 Å². The van der Waals surface area contributed by atoms with Crippen molar-refractivity contribution in [3.05, 3.63) is 0 Å². The molecular formula is C11H25N3O. The summed E-state index contributed by atoms with van der Waals surface area (Å²) < 4.78 is 0. The Kier molecular flexibility index (Phi) is 9.27. The van der Waals surface area contributed by atoms with Gasteiger partial charge in [-0.05, 0) is 31.7 Å². The van der Waals surface area contributed by atoms with Gasteiger partial charge in [0, 0.05) is 13.1 Å². The molecule has 15 heavy (non-hydrogen) atoms. The van der Waals surface area contributed by atoms with Crippen LogP contribution in [0.4, 0.5) is 4.79 Å². The molecule has 0 saturated heterocycles. The number of rotatable bonds is 8. The van der Waals surface area contributed by atoms with Crippen LogP contribution in [0, 0.1) is 5.92 Å². The Hall–Kier alpha value is -0.770. The van der Waals surface area contributed by atoms with Crippen molar-refractivity contribution in [3.8, 4) is 0 Å². The number of carbonyl (C=O) groups excluding carboxylic acids is 1. The van der Waals surface area contributed by atoms with Crippen LogP contribution >= 0.6 is 0 Å². The van der Waals surface area contributed by atoms with Crippen LogP contribution in [0.1, 0.15) is 39.5 Å². The fourth-order valence-electron chi connectivity index (χ4n) is 1.53. The molecule has 0 saturated carbocycles. The Morgan fingerprint density at radius 1 is 1.20 bits per heavy atom. The molecule has 1 atom stereocenters. The molecule has 0 aliphatic heterocycles. The van der Waals surface area contributed by atoms with Gasteiger partial charge in [-0.1, -0.05) is 20.3 Å². The highest BCUT2D eigenvalue weighted by atomic mass is 16.2. The van der Waals surface area contributed by atoms with Gasteiger partial charge in [-0.2, -0.15) is 0 Å². The topological polar surface area (TPSA) is 67.2 Å². The maximum absolute atomic E-state index is 11.3. The van der Waals surface area contributed by atoms with E-state index in [2.05, 4.69) is 17.6 Å². The van der Waals surface area contributed by atoms with Gasteiger partial charge in [-0.25, -0.2) is 4.79 Å². The fraction of sp³-hybridized carbons (Fsp3) is 0.909. The molecular weight excluding hydrogens is 190 g/mol. The highest BCUT2D eigenvalue weighted by Gasteiger charge is 2.08. The van der Waals surface area contributed by atoms with E-state index in [0.29, 0.717) is 12.5 Å². The number of nitrogens with two attached hydrogens (primary N) is 1. The summed E-state index contributed by atoms with van der Waals surface area (Å²) in [6.45, 7) is 6.36. The van der Waals surface area contributed by atoms with Crippen LogP contribution in [0.3, 0.4) is 0 Å². The van der Waals surface area contributed by atoms with Crippen molar-refractivity contribution < 1.29 is 4.79 Å². The first-order valence-electron chi connectivity index (χ1n) is 5.96. The van der Waals surface area contributed by atoms with Gasteiger partial charge in [-0.15, -0.1) is 0 Å². The van der Waals surface area contributed by atoms with E-state index in [1.807, 2.05) is 6.92 Å². The van der Waals surface area contributed by atoms with Crippen molar-refractivity contribution in [2.75, 3.05) is 19.6 Å². The Balaban J connectivity index is 3.62. The van der Waals surface area contributed by atoms with Crippen LogP contribution in [0.15, 0.2) is 0 Å². The van der Waals surface area contributed by atoms with Gasteiger partial charge in [0.2, 0.25) is 0 Å². The van der Waals surface area contributed by atoms with Gasteiger partial charge >= 0.3 is 6.03 Å². The third-order valence-electron chi connectivity index (χ3n) is 2.36. The second-order valence-corrected chi connectivity index (χ2v) is 3.87. The molecule has 4 heteroatoms. The minimum absolute atomic E-state index is 0.0602. The Labute approximate surface area is 93.0 Å². The predicted octanol–water partition coefficient (Wildman–Crippen LogP) is 1.46. The molecule has 90 valence electrons. The lowest BCUT2D eigenvalue weighted by atomic mass is 10.00. The lowest BCUT2D eigenvalue weighted by Gasteiger charge is -2.16. The van der Waals surface area contributed by atoms with E-state index in [4.69, 9.17) is 5.73 Å². The van der Waals surface area contributed by atoms with Crippen molar-refractivity contribution in [3.63, 3.8) is 0 Å². The average molecular weight is 215 g/mol. The van der Waals surface area contributed by atoms with E-state index in [0.717, 1.165) is 38.8 Å². The van der Waals surface area contributed by atoms with Crippen molar-refractivity contribution >= 4 is 6.03 Å². The summed E-state index contributed by atoms with van der Waals surface area (Å²) >= 11 is 0. The maximum Gasteiger partial charge on any atom is 0.314 e. The fourth-order valence-corrected chi connectivity index (χ4v) is 1.53. The average Bonchev–Trinajstić information content (AvgIpc) is 2.23. The van der Waals surface area contributed by atoms with Crippen molar-refractivity contribution in [1.82, 2.24) is 10.6 Å².